The second-order valence-electron chi connectivity index (χ2n) is 29.8. The molecule has 42 nitrogen and oxygen atoms in total. The maximum Gasteiger partial charge on any atom is 0.391 e. The average molecular weight is 2210 g/mol. The first-order valence-electron chi connectivity index (χ1n) is 43.5. The number of fused-ring (bicyclic) bond motifs is 3. The first-order chi connectivity index (χ1) is 69.0. The second-order valence-corrected chi connectivity index (χ2v) is 43.7. The molecule has 147 heavy (non-hydrogen) atoms. The van der Waals surface area contributed by atoms with E-state index in [1.54, 1.807) is 61.3 Å². The Balaban J connectivity index is 0.000000430. The minimum absolute atomic E-state index is 0. The van der Waals surface area contributed by atoms with Crippen molar-refractivity contribution in [3.8, 4) is 57.7 Å². The molecule has 52 heteroatoms. The van der Waals surface area contributed by atoms with Crippen molar-refractivity contribution in [1.29, 1.82) is 10.5 Å². The molecular weight excluding hydrogens is 2100 g/mol. The minimum atomic E-state index is -3.22. The predicted octanol–water partition coefficient (Wildman–Crippen LogP) is 16.4. The number of pyridine rings is 2. The number of halogens is 8. The van der Waals surface area contributed by atoms with Crippen molar-refractivity contribution in [3.05, 3.63) is 283 Å². The number of amides is 3. The topological polar surface area (TPSA) is 629 Å². The molecule has 0 aliphatic rings. The number of benzene rings is 5. The number of esters is 2. The number of ether oxygens (including phenoxy) is 2. The number of nitriles is 2. The molecule has 0 saturated heterocycles. The lowest BCUT2D eigenvalue weighted by Gasteiger charge is -2.10. The summed E-state index contributed by atoms with van der Waals surface area (Å²) < 4.78 is 32.9. The number of nitrogens with zero attached hydrogens (tertiary/aromatic N) is 18. The number of aromatic amines is 2. The van der Waals surface area contributed by atoms with E-state index in [1.807, 2.05) is 209 Å². The molecule has 0 aliphatic carbocycles. The van der Waals surface area contributed by atoms with Crippen molar-refractivity contribution < 1.29 is 62.1 Å². The van der Waals surface area contributed by atoms with Gasteiger partial charge in [-0.25, -0.2) is 48.1 Å². The number of nitrogens with two attached hydrogens (primary N) is 3. The molecule has 0 saturated carbocycles. The maximum absolute atomic E-state index is 12.1. The summed E-state index contributed by atoms with van der Waals surface area (Å²) in [6.07, 6.45) is 6.75. The van der Waals surface area contributed by atoms with Crippen LogP contribution < -0.4 is 49.7 Å². The SMILES string of the molecule is C.CC(=O)NC(C)C(=O)O.CC(=O)NC(C)c1nnc(-c2ccccc2)[nH]c1=O.CCOC(=O)C(=O)C(C)NC(C)=O.CCOC(=O)C(=O)Cl.Cc1nc(C)n2nc(-c3ccccc3)[nH]c(=O)c12.Cc1nc(C)n2nc(-c3ccccc3)nc(Cl)c12.Cc1nc(C)n2nc(-c3ccccc3)nc(NCCCc3ccc(C#N)cn3)c12.N#Cc1ccc(CCCN)nc1.NN=C(N)c1ccccc1.O=P(Cl)(Cl)Cl.O=P(Cl)(Cl)Cl. The van der Waals surface area contributed by atoms with Crippen molar-refractivity contribution in [1.82, 2.24) is 99.8 Å². The third-order valence-corrected chi connectivity index (χ3v) is 18.7. The van der Waals surface area contributed by atoms with Crippen LogP contribution in [0, 0.1) is 64.2 Å². The first kappa shape index (κ1) is 127. The summed E-state index contributed by atoms with van der Waals surface area (Å²) in [6, 6.07) is 57.2. The van der Waals surface area contributed by atoms with Crippen LogP contribution >= 0.6 is 101 Å². The van der Waals surface area contributed by atoms with Crippen molar-refractivity contribution in [2.45, 2.75) is 148 Å². The number of aryl methyl sites for hydroxylation is 8. The number of imidazole rings is 3. The van der Waals surface area contributed by atoms with E-state index in [2.05, 4.69) is 175 Å². The van der Waals surface area contributed by atoms with E-state index in [-0.39, 0.29) is 55.2 Å². The van der Waals surface area contributed by atoms with Crippen LogP contribution in [-0.4, -0.2) is 180 Å². The fourth-order valence-electron chi connectivity index (χ4n) is 12.0. The standard InChI is InChI=1S/C22H21N7.C13H11ClN4.C13H14N4O2.C13H12N4O.C9H11N3.C8H13NO4.C7H9N3.C5H9NO3.C4H5ClO3.CH4.2Cl3OP/c1-15-20-22(24-12-6-9-19-11-10-17(13-23)14-25-19)27-21(18-7-4-3-5-8-18)28-29(20)16(2)26-15;1-8-11-12(14)16-13(10-6-4-3-5-7-10)17-18(11)9(2)15-8;1-8(14-9(2)18)11-13(19)15-12(17-16-11)10-6-4-3-5-7-10;1-8-11-13(18)15-12(10-6-4-3-5-7-10)16-17(11)9(2)14-8;10-5-1-2-9-4-3-8(6-11)7-12-9;1-4-13-8(12)7(11)5(2)9-6(3)10;8-7(10-9)6-4-2-1-3-5-6;1-3(5(8)9)6-4(2)7;1-2-8-4(7)3(5)6;;2*1-5(2,3)4/h3-5,7-8,10-11,14H,6,9,12H2,1-2H3,(H,24,27,28);3-7H,1-2H3;3-8H,1-2H3,(H,14,18)(H,15,17,19);3-7H,1-2H3,(H,15,16,18);3-4,7H,1-2,5,10H2;5H,4H2,1-3H3,(H,9,10);1-5H,9H2,(H2,8,10);3H,1-2H3,(H,6,7)(H,8,9);2H2,1H3;1H4;;. The Hall–Kier alpha value is -14.4. The van der Waals surface area contributed by atoms with E-state index in [0.717, 1.165) is 111 Å². The van der Waals surface area contributed by atoms with Crippen LogP contribution in [-0.2, 0) is 69.8 Å². The zero-order valence-corrected chi connectivity index (χ0v) is 89.0. The Morgan fingerprint density at radius 1 is 0.517 bits per heavy atom. The quantitative estimate of drug-likeness (QED) is 0.00327. The molecule has 0 radical (unpaired) electrons. The Labute approximate surface area is 884 Å². The lowest BCUT2D eigenvalue weighted by molar-refractivity contribution is -0.154. The molecule has 780 valence electrons. The fourth-order valence-corrected chi connectivity index (χ4v) is 12.3. The van der Waals surface area contributed by atoms with Crippen molar-refractivity contribution in [3.63, 3.8) is 0 Å². The summed E-state index contributed by atoms with van der Waals surface area (Å²) in [5.74, 6) is 6.12. The number of carboxylic acids is 1. The number of carboxylic acid groups (broad SMARTS) is 1. The number of Topliss-reactive ketones (excluding diaryl/α,β-unsaturated/α-hetero) is 1. The third kappa shape index (κ3) is 46.7. The average Bonchev–Trinajstić information content (AvgIpc) is 1.64. The van der Waals surface area contributed by atoms with Gasteiger partial charge in [-0.3, -0.25) is 57.5 Å². The molecule has 13 N–H and O–H groups in total. The first-order valence-corrected chi connectivity index (χ1v) is 53.1. The number of hydrogen-bond acceptors (Lipinski definition) is 32. The van der Waals surface area contributed by atoms with Crippen LogP contribution in [0.2, 0.25) is 5.15 Å². The highest BCUT2D eigenvalue weighted by atomic mass is 36.1. The lowest BCUT2D eigenvalue weighted by Crippen LogP contribution is -2.41. The van der Waals surface area contributed by atoms with Gasteiger partial charge in [0.15, 0.2) is 45.5 Å². The van der Waals surface area contributed by atoms with Crippen LogP contribution in [0.25, 0.3) is 62.1 Å². The summed E-state index contributed by atoms with van der Waals surface area (Å²) in [7, 11) is 0. The number of carbonyl (C=O) groups is 8. The number of H-pyrrole nitrogens is 2. The normalized spacial score (nSPS) is 10.9. The molecule has 0 spiro atoms. The monoisotopic (exact) mass is 2210 g/mol. The lowest BCUT2D eigenvalue weighted by atomic mass is 10.2. The van der Waals surface area contributed by atoms with Crippen molar-refractivity contribution in [2.24, 2.45) is 22.4 Å². The van der Waals surface area contributed by atoms with Gasteiger partial charge in [-0.15, -0.1) is 25.5 Å². The number of amidine groups is 1. The second kappa shape index (κ2) is 65.2. The molecule has 9 aromatic heterocycles. The van der Waals surface area contributed by atoms with E-state index >= 15 is 0 Å². The van der Waals surface area contributed by atoms with Gasteiger partial charge in [-0.05, 0) is 212 Å². The number of hydrazone groups is 1. The number of carbonyl (C=O) groups excluding carboxylic acids is 7. The van der Waals surface area contributed by atoms with Gasteiger partial charge in [0, 0.05) is 78.9 Å². The predicted molar refractivity (Wildman–Crippen MR) is 569 cm³/mol. The largest absolute Gasteiger partial charge is 0.480 e. The van der Waals surface area contributed by atoms with Crippen LogP contribution in [0.1, 0.15) is 150 Å². The summed E-state index contributed by atoms with van der Waals surface area (Å²) in [4.78, 5) is 144. The number of aliphatic carboxylic acids is 1. The third-order valence-electron chi connectivity index (χ3n) is 18.3. The Kier molecular flexibility index (Phi) is 56.2. The zero-order chi connectivity index (χ0) is 109. The molecule has 0 aliphatic heterocycles. The molecular formula is C95H109Cl8N27O15P2. The van der Waals surface area contributed by atoms with E-state index in [0.29, 0.717) is 69.0 Å². The summed E-state index contributed by atoms with van der Waals surface area (Å²) in [5, 5.41) is 53.9. The Morgan fingerprint density at radius 3 is 1.29 bits per heavy atom. The van der Waals surface area contributed by atoms with Gasteiger partial charge < -0.3 is 63.1 Å². The van der Waals surface area contributed by atoms with Gasteiger partial charge in [0.05, 0.1) is 53.5 Å². The molecule has 3 amide bonds. The van der Waals surface area contributed by atoms with Crippen LogP contribution in [0.3, 0.4) is 0 Å². The van der Waals surface area contributed by atoms with Gasteiger partial charge in [0.25, 0.3) is 16.9 Å². The Morgan fingerprint density at radius 2 is 0.905 bits per heavy atom. The number of nitrogens with one attached hydrogen (secondary N) is 6. The van der Waals surface area contributed by atoms with Gasteiger partial charge in [0.1, 0.15) is 52.5 Å². The van der Waals surface area contributed by atoms with Crippen molar-refractivity contribution >= 4 is 176 Å². The summed E-state index contributed by atoms with van der Waals surface area (Å²) in [5.41, 5.74) is 22.6. The van der Waals surface area contributed by atoms with Crippen LogP contribution in [0.15, 0.2) is 203 Å². The molecule has 3 atom stereocenters. The van der Waals surface area contributed by atoms with Gasteiger partial charge >= 0.3 is 33.6 Å². The number of ketones is 1. The fraction of sp³-hybridized carbons (Fsp3) is 0.274. The summed E-state index contributed by atoms with van der Waals surface area (Å²) >= 11 is 38.6. The van der Waals surface area contributed by atoms with Gasteiger partial charge in [0.2, 0.25) is 17.7 Å². The number of hydrogen-bond donors (Lipinski definition) is 10. The molecule has 14 aromatic rings. The molecule has 0 fully saturated rings. The maximum atomic E-state index is 12.1. The van der Waals surface area contributed by atoms with Gasteiger partial charge in [-0.2, -0.15) is 15.6 Å². The zero-order valence-electron chi connectivity index (χ0n) is 81.1. The molecule has 5 aromatic carbocycles. The highest BCUT2D eigenvalue weighted by molar-refractivity contribution is 8.25. The summed E-state index contributed by atoms with van der Waals surface area (Å²) in [6.45, 7) is 24.8. The Bertz CT molecular complexity index is 6990. The number of rotatable bonds is 23. The van der Waals surface area contributed by atoms with Crippen LogP contribution in [0.5, 0.6) is 0 Å². The molecule has 3 unspecified atom stereocenters. The highest BCUT2D eigenvalue weighted by Gasteiger charge is 2.24. The smallest absolute Gasteiger partial charge is 0.391 e. The molecule has 9 heterocycles. The van der Waals surface area contributed by atoms with E-state index in [1.165, 1.54) is 34.6 Å². The van der Waals surface area contributed by atoms with Gasteiger partial charge in [-0.1, -0.05) is 171 Å². The van der Waals surface area contributed by atoms with Crippen molar-refractivity contribution in [2.75, 3.05) is 31.6 Å². The minimum Gasteiger partial charge on any atom is -0.480 e. The highest BCUT2D eigenvalue weighted by Crippen LogP contribution is 2.62. The van der Waals surface area contributed by atoms with E-state index < -0.39 is 57.5 Å². The number of aromatic nitrogens is 17. The number of anilines is 1. The van der Waals surface area contributed by atoms with E-state index in [9.17, 15) is 57.1 Å². The van der Waals surface area contributed by atoms with Crippen LogP contribution in [0.4, 0.5) is 5.82 Å². The molecule has 14 rings (SSSR count). The van der Waals surface area contributed by atoms with E-state index in [4.69, 9.17) is 61.1 Å². The molecule has 0 bridgehead atoms.